The van der Waals surface area contributed by atoms with Crippen molar-refractivity contribution in [2.45, 2.75) is 11.1 Å². The van der Waals surface area contributed by atoms with Crippen LogP contribution >= 0.6 is 0 Å². The molecule has 0 radical (unpaired) electrons. The van der Waals surface area contributed by atoms with Gasteiger partial charge in [0, 0.05) is 12.3 Å². The monoisotopic (exact) mass is 322 g/mol. The third-order valence-corrected chi connectivity index (χ3v) is 3.50. The van der Waals surface area contributed by atoms with E-state index in [1.807, 2.05) is 0 Å². The van der Waals surface area contributed by atoms with Gasteiger partial charge >= 0.3 is 6.18 Å². The minimum atomic E-state index is -4.47. The molecule has 0 bridgehead atoms. The lowest BCUT2D eigenvalue weighted by molar-refractivity contribution is -0.154. The molecule has 0 unspecified atom stereocenters. The number of anilines is 1. The highest BCUT2D eigenvalue weighted by Crippen LogP contribution is 2.19. The minimum Gasteiger partial charge on any atom is -0.468 e. The molecule has 0 saturated carbocycles. The van der Waals surface area contributed by atoms with Gasteiger partial charge in [-0.25, -0.2) is 13.4 Å². The molecule has 0 aliphatic heterocycles. The van der Waals surface area contributed by atoms with Crippen molar-refractivity contribution in [2.75, 3.05) is 11.3 Å². The second-order valence-corrected chi connectivity index (χ2v) is 5.51. The Hall–Kier alpha value is -2.30. The molecule has 0 amide bonds. The largest absolute Gasteiger partial charge is 0.468 e. The molecular weight excluding hydrogens is 313 g/mol. The number of hydrogen-bond acceptors (Lipinski definition) is 5. The fraction of sp³-hybridized carbons (Fsp3) is 0.200. The number of rotatable bonds is 5. The quantitative estimate of drug-likeness (QED) is 0.870. The summed E-state index contributed by atoms with van der Waals surface area (Å²) >= 11 is 0. The van der Waals surface area contributed by atoms with Crippen LogP contribution < -0.4 is 9.46 Å². The van der Waals surface area contributed by atoms with Crippen LogP contribution in [0, 0.1) is 0 Å². The van der Waals surface area contributed by atoms with Crippen molar-refractivity contribution in [3.8, 4) is 5.88 Å². The maximum absolute atomic E-state index is 11.9. The predicted octanol–water partition coefficient (Wildman–Crippen LogP) is 1.55. The molecule has 7 nitrogen and oxygen atoms in total. The zero-order valence-electron chi connectivity index (χ0n) is 10.3. The van der Waals surface area contributed by atoms with E-state index < -0.39 is 22.8 Å². The lowest BCUT2D eigenvalue weighted by atomic mass is 10.4. The number of sulfonamides is 1. The standard InChI is InChI=1S/C10H9F3N4O3S/c11-10(12,13)6-20-9-2-1-7(3-14-9)17-21(18,19)8-4-15-16-5-8/h1-5,17H,6H2,(H,15,16). The van der Waals surface area contributed by atoms with Crippen molar-refractivity contribution in [3.63, 3.8) is 0 Å². The molecule has 0 atom stereocenters. The van der Waals surface area contributed by atoms with Crippen LogP contribution in [0.1, 0.15) is 0 Å². The van der Waals surface area contributed by atoms with E-state index in [1.165, 1.54) is 12.3 Å². The zero-order chi connectivity index (χ0) is 15.5. The van der Waals surface area contributed by atoms with Crippen LogP contribution in [0.3, 0.4) is 0 Å². The van der Waals surface area contributed by atoms with E-state index in [-0.39, 0.29) is 16.5 Å². The summed E-state index contributed by atoms with van der Waals surface area (Å²) in [6.45, 7) is -1.47. The van der Waals surface area contributed by atoms with E-state index in [1.54, 1.807) is 0 Å². The van der Waals surface area contributed by atoms with Gasteiger partial charge < -0.3 is 4.74 Å². The molecule has 2 N–H and O–H groups in total. The maximum Gasteiger partial charge on any atom is 0.422 e. The Labute approximate surface area is 117 Å². The number of nitrogens with one attached hydrogen (secondary N) is 2. The van der Waals surface area contributed by atoms with E-state index in [0.29, 0.717) is 0 Å². The summed E-state index contributed by atoms with van der Waals surface area (Å²) in [7, 11) is -3.82. The average molecular weight is 322 g/mol. The Morgan fingerprint density at radius 1 is 1.29 bits per heavy atom. The highest BCUT2D eigenvalue weighted by Gasteiger charge is 2.28. The fourth-order valence-corrected chi connectivity index (χ4v) is 2.23. The normalized spacial score (nSPS) is 12.1. The lowest BCUT2D eigenvalue weighted by Crippen LogP contribution is -2.19. The first-order chi connectivity index (χ1) is 9.76. The molecule has 0 aromatic carbocycles. The Balaban J connectivity index is 2.03. The van der Waals surface area contributed by atoms with E-state index in [4.69, 9.17) is 0 Å². The predicted molar refractivity (Wildman–Crippen MR) is 65.2 cm³/mol. The summed E-state index contributed by atoms with van der Waals surface area (Å²) in [4.78, 5) is 3.49. The Bertz CT molecular complexity index is 683. The van der Waals surface area contributed by atoms with Gasteiger partial charge in [-0.05, 0) is 6.07 Å². The van der Waals surface area contributed by atoms with Crippen LogP contribution in [0.15, 0.2) is 35.6 Å². The van der Waals surface area contributed by atoms with Crippen LogP contribution in [-0.4, -0.2) is 36.4 Å². The molecule has 2 heterocycles. The number of H-pyrrole nitrogens is 1. The molecule has 114 valence electrons. The van der Waals surface area contributed by atoms with Crippen LogP contribution in [0.4, 0.5) is 18.9 Å². The highest BCUT2D eigenvalue weighted by molar-refractivity contribution is 7.92. The number of hydrogen-bond donors (Lipinski definition) is 2. The van der Waals surface area contributed by atoms with Crippen molar-refractivity contribution in [1.82, 2.24) is 15.2 Å². The maximum atomic E-state index is 11.9. The molecule has 21 heavy (non-hydrogen) atoms. The van der Waals surface area contributed by atoms with Crippen LogP contribution in [-0.2, 0) is 10.0 Å². The minimum absolute atomic E-state index is 0.0792. The summed E-state index contributed by atoms with van der Waals surface area (Å²) in [6.07, 6.45) is -1.14. The van der Waals surface area contributed by atoms with Gasteiger partial charge in [-0.2, -0.15) is 18.3 Å². The second-order valence-electron chi connectivity index (χ2n) is 3.83. The number of aromatic nitrogens is 3. The molecule has 0 aliphatic rings. The van der Waals surface area contributed by atoms with Gasteiger partial charge in [0.2, 0.25) is 5.88 Å². The molecule has 0 saturated heterocycles. The zero-order valence-corrected chi connectivity index (χ0v) is 11.1. The molecular formula is C10H9F3N4O3S. The topological polar surface area (TPSA) is 97.0 Å². The Kier molecular flexibility index (Phi) is 4.02. The molecule has 2 rings (SSSR count). The molecule has 2 aromatic heterocycles. The molecule has 0 fully saturated rings. The number of aromatic amines is 1. The third-order valence-electron chi connectivity index (χ3n) is 2.16. The van der Waals surface area contributed by atoms with E-state index in [2.05, 4.69) is 24.6 Å². The van der Waals surface area contributed by atoms with E-state index >= 15 is 0 Å². The van der Waals surface area contributed by atoms with Crippen LogP contribution in [0.5, 0.6) is 5.88 Å². The lowest BCUT2D eigenvalue weighted by Gasteiger charge is -2.09. The summed E-state index contributed by atoms with van der Waals surface area (Å²) in [5.74, 6) is -0.265. The van der Waals surface area contributed by atoms with E-state index in [0.717, 1.165) is 18.5 Å². The Morgan fingerprint density at radius 3 is 2.57 bits per heavy atom. The summed E-state index contributed by atoms with van der Waals surface area (Å²) in [6, 6.07) is 2.36. The summed E-state index contributed by atoms with van der Waals surface area (Å²) < 4.78 is 66.1. The van der Waals surface area contributed by atoms with Gasteiger partial charge in [-0.15, -0.1) is 0 Å². The van der Waals surface area contributed by atoms with Gasteiger partial charge in [-0.1, -0.05) is 0 Å². The smallest absolute Gasteiger partial charge is 0.422 e. The van der Waals surface area contributed by atoms with E-state index in [9.17, 15) is 21.6 Å². The van der Waals surface area contributed by atoms with Crippen LogP contribution in [0.25, 0.3) is 0 Å². The Morgan fingerprint density at radius 2 is 2.05 bits per heavy atom. The second kappa shape index (κ2) is 5.60. The number of pyridine rings is 1. The van der Waals surface area contributed by atoms with Crippen molar-refractivity contribution < 1.29 is 26.3 Å². The van der Waals surface area contributed by atoms with Gasteiger partial charge in [-0.3, -0.25) is 9.82 Å². The van der Waals surface area contributed by atoms with Crippen molar-refractivity contribution in [2.24, 2.45) is 0 Å². The van der Waals surface area contributed by atoms with Crippen molar-refractivity contribution in [3.05, 3.63) is 30.7 Å². The first kappa shape index (κ1) is 15.1. The highest BCUT2D eigenvalue weighted by atomic mass is 32.2. The number of halogens is 3. The van der Waals surface area contributed by atoms with Crippen molar-refractivity contribution in [1.29, 1.82) is 0 Å². The number of ether oxygens (including phenoxy) is 1. The third kappa shape index (κ3) is 4.34. The number of nitrogens with zero attached hydrogens (tertiary/aromatic N) is 2. The van der Waals surface area contributed by atoms with Crippen LogP contribution in [0.2, 0.25) is 0 Å². The molecule has 0 spiro atoms. The van der Waals surface area contributed by atoms with Gasteiger partial charge in [0.05, 0.1) is 18.1 Å². The summed E-state index contributed by atoms with van der Waals surface area (Å²) in [5.41, 5.74) is 0.0792. The van der Waals surface area contributed by atoms with Crippen molar-refractivity contribution >= 4 is 15.7 Å². The fourth-order valence-electron chi connectivity index (χ4n) is 1.28. The molecule has 2 aromatic rings. The first-order valence-electron chi connectivity index (χ1n) is 5.43. The molecule has 11 heteroatoms. The first-order valence-corrected chi connectivity index (χ1v) is 6.92. The van der Waals surface area contributed by atoms with Gasteiger partial charge in [0.1, 0.15) is 4.90 Å². The SMILES string of the molecule is O=S(=O)(Nc1ccc(OCC(F)(F)F)nc1)c1cn[nH]c1. The molecule has 0 aliphatic carbocycles. The summed E-state index contributed by atoms with van der Waals surface area (Å²) in [5, 5.41) is 5.86. The van der Waals surface area contributed by atoms with Gasteiger partial charge in [0.15, 0.2) is 6.61 Å². The number of alkyl halides is 3. The van der Waals surface area contributed by atoms with Gasteiger partial charge in [0.25, 0.3) is 10.0 Å². The average Bonchev–Trinajstić information content (AvgIpc) is 2.91.